The van der Waals surface area contributed by atoms with Gasteiger partial charge in [-0.25, -0.2) is 4.79 Å². The summed E-state index contributed by atoms with van der Waals surface area (Å²) in [5.41, 5.74) is 12.1. The monoisotopic (exact) mass is 475 g/mol. The van der Waals surface area contributed by atoms with Gasteiger partial charge in [0.2, 0.25) is 23.6 Å². The summed E-state index contributed by atoms with van der Waals surface area (Å²) in [7, 11) is 0. The van der Waals surface area contributed by atoms with Gasteiger partial charge in [0.25, 0.3) is 0 Å². The Hall–Kier alpha value is -3.47. The summed E-state index contributed by atoms with van der Waals surface area (Å²) in [6.07, 6.45) is 0.781. The number of aliphatic carboxylic acids is 1. The second-order valence-electron chi connectivity index (χ2n) is 8.79. The van der Waals surface area contributed by atoms with Gasteiger partial charge in [-0.2, -0.15) is 0 Å². The molecule has 1 saturated heterocycles. The van der Waals surface area contributed by atoms with Gasteiger partial charge in [0.1, 0.15) is 18.1 Å². The molecule has 1 aromatic carbocycles. The molecular formula is C23H33N5O6. The number of nitrogens with zero attached hydrogens (tertiary/aromatic N) is 1. The zero-order chi connectivity index (χ0) is 25.4. The summed E-state index contributed by atoms with van der Waals surface area (Å²) in [6.45, 7) is 3.74. The van der Waals surface area contributed by atoms with Gasteiger partial charge >= 0.3 is 5.97 Å². The van der Waals surface area contributed by atoms with Crippen molar-refractivity contribution in [3.8, 4) is 0 Å². The average Bonchev–Trinajstić information content (AvgIpc) is 3.26. The fourth-order valence-electron chi connectivity index (χ4n) is 3.92. The van der Waals surface area contributed by atoms with Crippen LogP contribution >= 0.6 is 0 Å². The van der Waals surface area contributed by atoms with Crippen LogP contribution in [0.15, 0.2) is 30.3 Å². The molecule has 1 heterocycles. The van der Waals surface area contributed by atoms with Crippen molar-refractivity contribution < 1.29 is 29.1 Å². The Bertz CT molecular complexity index is 906. The maximum absolute atomic E-state index is 13.0. The number of hydrogen-bond donors (Lipinski definition) is 5. The molecule has 11 heteroatoms. The molecule has 0 aliphatic carbocycles. The third-order valence-corrected chi connectivity index (χ3v) is 5.72. The number of carbonyl (C=O) groups is 5. The quantitative estimate of drug-likeness (QED) is 0.275. The highest BCUT2D eigenvalue weighted by Gasteiger charge is 2.38. The number of hydrogen-bond acceptors (Lipinski definition) is 6. The van der Waals surface area contributed by atoms with Gasteiger partial charge in [0.15, 0.2) is 0 Å². The smallest absolute Gasteiger partial charge is 0.326 e. The first kappa shape index (κ1) is 26.8. The predicted molar refractivity (Wildman–Crippen MR) is 123 cm³/mol. The summed E-state index contributed by atoms with van der Waals surface area (Å²) in [4.78, 5) is 62.6. The minimum absolute atomic E-state index is 0.331. The maximum Gasteiger partial charge on any atom is 0.326 e. The lowest BCUT2D eigenvalue weighted by molar-refractivity contribution is -0.144. The Morgan fingerprint density at radius 1 is 1.12 bits per heavy atom. The van der Waals surface area contributed by atoms with Crippen LogP contribution in [0, 0.1) is 5.92 Å². The van der Waals surface area contributed by atoms with Crippen LogP contribution in [0.3, 0.4) is 0 Å². The zero-order valence-electron chi connectivity index (χ0n) is 19.4. The fourth-order valence-corrected chi connectivity index (χ4v) is 3.92. The Labute approximate surface area is 198 Å². The SMILES string of the molecule is CC(C)C(NC(=O)C1CCCN1C(=O)C(N)Cc1ccccc1)C(=O)NC(CC(N)=O)C(=O)O. The molecule has 11 nitrogen and oxygen atoms in total. The number of benzene rings is 1. The minimum atomic E-state index is -1.51. The standard InChI is InChI=1S/C23H33N5O6/c1-13(2)19(21(31)26-16(23(33)34)12-18(25)29)27-20(30)17-9-6-10-28(17)22(32)15(24)11-14-7-4-3-5-8-14/h3-5,7-8,13,15-17,19H,6,9-12,24H2,1-2H3,(H2,25,29)(H,26,31)(H,27,30)(H,33,34). The zero-order valence-corrected chi connectivity index (χ0v) is 19.4. The Balaban J connectivity index is 2.06. The van der Waals surface area contributed by atoms with Gasteiger partial charge in [0, 0.05) is 6.54 Å². The van der Waals surface area contributed by atoms with E-state index in [-0.39, 0.29) is 5.91 Å². The van der Waals surface area contributed by atoms with Crippen molar-refractivity contribution in [1.29, 1.82) is 0 Å². The second kappa shape index (κ2) is 12.1. The van der Waals surface area contributed by atoms with Crippen LogP contribution in [0.4, 0.5) is 0 Å². The maximum atomic E-state index is 13.0. The van der Waals surface area contributed by atoms with Crippen molar-refractivity contribution in [3.05, 3.63) is 35.9 Å². The number of nitrogens with two attached hydrogens (primary N) is 2. The first-order valence-corrected chi connectivity index (χ1v) is 11.2. The lowest BCUT2D eigenvalue weighted by atomic mass is 10.0. The molecule has 1 aliphatic heterocycles. The van der Waals surface area contributed by atoms with Crippen LogP contribution in [0.1, 0.15) is 38.7 Å². The molecule has 7 N–H and O–H groups in total. The van der Waals surface area contributed by atoms with Crippen LogP contribution < -0.4 is 22.1 Å². The van der Waals surface area contributed by atoms with E-state index in [1.54, 1.807) is 13.8 Å². The molecule has 34 heavy (non-hydrogen) atoms. The van der Waals surface area contributed by atoms with Gasteiger partial charge in [-0.05, 0) is 30.7 Å². The Morgan fingerprint density at radius 3 is 2.32 bits per heavy atom. The fraction of sp³-hybridized carbons (Fsp3) is 0.522. The highest BCUT2D eigenvalue weighted by Crippen LogP contribution is 2.20. The topological polar surface area (TPSA) is 185 Å². The van der Waals surface area contributed by atoms with E-state index in [1.807, 2.05) is 30.3 Å². The molecule has 4 amide bonds. The summed E-state index contributed by atoms with van der Waals surface area (Å²) in [5.74, 6) is -4.31. The molecule has 4 atom stereocenters. The first-order valence-electron chi connectivity index (χ1n) is 11.2. The Morgan fingerprint density at radius 2 is 1.76 bits per heavy atom. The molecule has 186 valence electrons. The van der Waals surface area contributed by atoms with E-state index in [0.717, 1.165) is 5.56 Å². The first-order chi connectivity index (χ1) is 16.0. The molecule has 1 fully saturated rings. The summed E-state index contributed by atoms with van der Waals surface area (Å²) >= 11 is 0. The van der Waals surface area contributed by atoms with Gasteiger partial charge in [0.05, 0.1) is 12.5 Å². The van der Waals surface area contributed by atoms with Crippen LogP contribution in [0.25, 0.3) is 0 Å². The second-order valence-corrected chi connectivity index (χ2v) is 8.79. The molecule has 0 spiro atoms. The van der Waals surface area contributed by atoms with Crippen molar-refractivity contribution >= 4 is 29.6 Å². The number of carboxylic acids is 1. The van der Waals surface area contributed by atoms with Gasteiger partial charge in [-0.15, -0.1) is 0 Å². The highest BCUT2D eigenvalue weighted by atomic mass is 16.4. The van der Waals surface area contributed by atoms with E-state index < -0.39 is 60.2 Å². The molecule has 0 saturated carbocycles. The number of likely N-dealkylation sites (tertiary alicyclic amines) is 1. The summed E-state index contributed by atoms with van der Waals surface area (Å²) in [6, 6.07) is 5.13. The van der Waals surface area contributed by atoms with E-state index in [2.05, 4.69) is 10.6 Å². The number of amides is 4. The van der Waals surface area contributed by atoms with E-state index in [4.69, 9.17) is 11.5 Å². The molecule has 0 bridgehead atoms. The van der Waals surface area contributed by atoms with Gasteiger partial charge in [-0.1, -0.05) is 44.2 Å². The van der Waals surface area contributed by atoms with E-state index in [1.165, 1.54) is 4.90 Å². The molecule has 2 rings (SSSR count). The van der Waals surface area contributed by atoms with Crippen LogP contribution in [0.2, 0.25) is 0 Å². The average molecular weight is 476 g/mol. The van der Waals surface area contributed by atoms with E-state index in [0.29, 0.717) is 25.8 Å². The van der Waals surface area contributed by atoms with E-state index >= 15 is 0 Å². The van der Waals surface area contributed by atoms with Crippen LogP contribution in [-0.4, -0.2) is 70.3 Å². The van der Waals surface area contributed by atoms with Crippen molar-refractivity contribution in [2.24, 2.45) is 17.4 Å². The molecule has 1 aliphatic rings. The normalized spacial score (nSPS) is 18.1. The molecule has 1 aromatic rings. The van der Waals surface area contributed by atoms with Crippen molar-refractivity contribution in [2.75, 3.05) is 6.54 Å². The van der Waals surface area contributed by atoms with Crippen molar-refractivity contribution in [2.45, 2.75) is 63.7 Å². The number of primary amides is 1. The minimum Gasteiger partial charge on any atom is -0.480 e. The van der Waals surface area contributed by atoms with Crippen LogP contribution in [-0.2, 0) is 30.4 Å². The number of rotatable bonds is 11. The number of carboxylic acid groups (broad SMARTS) is 1. The summed E-state index contributed by atoms with van der Waals surface area (Å²) < 4.78 is 0. The molecule has 0 aromatic heterocycles. The third-order valence-electron chi connectivity index (χ3n) is 5.72. The summed E-state index contributed by atoms with van der Waals surface area (Å²) in [5, 5.41) is 14.1. The van der Waals surface area contributed by atoms with Gasteiger partial charge < -0.3 is 32.1 Å². The Kier molecular flexibility index (Phi) is 9.55. The predicted octanol–water partition coefficient (Wildman–Crippen LogP) is -0.867. The van der Waals surface area contributed by atoms with E-state index in [9.17, 15) is 29.1 Å². The molecule has 4 unspecified atom stereocenters. The lowest BCUT2D eigenvalue weighted by Gasteiger charge is -2.29. The largest absolute Gasteiger partial charge is 0.480 e. The van der Waals surface area contributed by atoms with Crippen LogP contribution in [0.5, 0.6) is 0 Å². The molecule has 0 radical (unpaired) electrons. The third kappa shape index (κ3) is 7.27. The van der Waals surface area contributed by atoms with Crippen molar-refractivity contribution in [1.82, 2.24) is 15.5 Å². The highest BCUT2D eigenvalue weighted by molar-refractivity contribution is 5.95. The van der Waals surface area contributed by atoms with Crippen molar-refractivity contribution in [3.63, 3.8) is 0 Å². The number of carbonyl (C=O) groups excluding carboxylic acids is 4. The lowest BCUT2D eigenvalue weighted by Crippen LogP contribution is -2.58. The van der Waals surface area contributed by atoms with Gasteiger partial charge in [-0.3, -0.25) is 19.2 Å². The number of nitrogens with one attached hydrogen (secondary N) is 2. The molecular weight excluding hydrogens is 442 g/mol.